The van der Waals surface area contributed by atoms with Crippen molar-refractivity contribution < 1.29 is 23.4 Å². The number of aliphatic hydroxyl groups is 1. The number of hydrogen-bond acceptors (Lipinski definition) is 4. The molecule has 0 radical (unpaired) electrons. The summed E-state index contributed by atoms with van der Waals surface area (Å²) in [7, 11) is -3.36. The standard InChI is InChI=1S/C13H22O5S/c14-11-6-7-19(17,18)9-13(11,12(15)16)8-10-4-2-1-3-5-10/h10-11,14H,1-9H2,(H,15,16). The fraction of sp³-hybridized carbons (Fsp3) is 0.923. The van der Waals surface area contributed by atoms with Gasteiger partial charge in [0.25, 0.3) is 0 Å². The van der Waals surface area contributed by atoms with Crippen molar-refractivity contribution in [3.63, 3.8) is 0 Å². The van der Waals surface area contributed by atoms with Crippen LogP contribution in [-0.4, -0.2) is 42.2 Å². The highest BCUT2D eigenvalue weighted by molar-refractivity contribution is 7.91. The quantitative estimate of drug-likeness (QED) is 0.815. The summed E-state index contributed by atoms with van der Waals surface area (Å²) in [6.07, 6.45) is 4.49. The Balaban J connectivity index is 2.22. The average Bonchev–Trinajstić information content (AvgIpc) is 2.34. The molecule has 2 N–H and O–H groups in total. The third-order valence-corrected chi connectivity index (χ3v) is 6.43. The van der Waals surface area contributed by atoms with Crippen LogP contribution in [0.3, 0.4) is 0 Å². The van der Waals surface area contributed by atoms with Gasteiger partial charge in [-0.25, -0.2) is 8.42 Å². The summed E-state index contributed by atoms with van der Waals surface area (Å²) >= 11 is 0. The second-order valence-corrected chi connectivity index (χ2v) is 8.25. The number of hydrogen-bond donors (Lipinski definition) is 2. The minimum absolute atomic E-state index is 0.0430. The molecule has 2 unspecified atom stereocenters. The Hall–Kier alpha value is -0.620. The Morgan fingerprint density at radius 1 is 1.16 bits per heavy atom. The first-order valence-corrected chi connectivity index (χ1v) is 8.80. The maximum Gasteiger partial charge on any atom is 0.313 e. The van der Waals surface area contributed by atoms with Crippen LogP contribution in [-0.2, 0) is 14.6 Å². The molecular weight excluding hydrogens is 268 g/mol. The van der Waals surface area contributed by atoms with Crippen molar-refractivity contribution in [2.75, 3.05) is 11.5 Å². The molecular formula is C13H22O5S. The van der Waals surface area contributed by atoms with E-state index >= 15 is 0 Å². The van der Waals surface area contributed by atoms with Crippen LogP contribution in [0.1, 0.15) is 44.9 Å². The van der Waals surface area contributed by atoms with Gasteiger partial charge in [0.15, 0.2) is 9.84 Å². The van der Waals surface area contributed by atoms with Crippen LogP contribution in [0.4, 0.5) is 0 Å². The van der Waals surface area contributed by atoms with E-state index in [-0.39, 0.29) is 18.1 Å². The van der Waals surface area contributed by atoms with Crippen molar-refractivity contribution in [2.45, 2.75) is 51.0 Å². The Labute approximate surface area is 113 Å². The van der Waals surface area contributed by atoms with Crippen LogP contribution < -0.4 is 0 Å². The number of carbonyl (C=O) groups is 1. The highest BCUT2D eigenvalue weighted by Gasteiger charge is 2.52. The molecule has 6 heteroatoms. The van der Waals surface area contributed by atoms with Gasteiger partial charge in [0.05, 0.1) is 17.6 Å². The maximum absolute atomic E-state index is 11.8. The fourth-order valence-corrected chi connectivity index (χ4v) is 5.47. The van der Waals surface area contributed by atoms with Crippen LogP contribution in [0.15, 0.2) is 0 Å². The van der Waals surface area contributed by atoms with Crippen LogP contribution in [0, 0.1) is 11.3 Å². The molecule has 1 aliphatic heterocycles. The zero-order valence-electron chi connectivity index (χ0n) is 11.0. The molecule has 0 amide bonds. The van der Waals surface area contributed by atoms with Gasteiger partial charge in [-0.2, -0.15) is 0 Å². The third-order valence-electron chi connectivity index (χ3n) is 4.62. The van der Waals surface area contributed by atoms with E-state index in [0.29, 0.717) is 6.42 Å². The third kappa shape index (κ3) is 3.11. The summed E-state index contributed by atoms with van der Waals surface area (Å²) in [5.41, 5.74) is -1.49. The lowest BCUT2D eigenvalue weighted by atomic mass is 9.71. The number of aliphatic carboxylic acids is 1. The minimum Gasteiger partial charge on any atom is -0.481 e. The molecule has 1 aliphatic carbocycles. The van der Waals surface area contributed by atoms with Crippen LogP contribution >= 0.6 is 0 Å². The second kappa shape index (κ2) is 5.40. The first-order valence-electron chi connectivity index (χ1n) is 6.98. The molecule has 0 aromatic carbocycles. The Bertz CT molecular complexity index is 438. The van der Waals surface area contributed by atoms with Crippen molar-refractivity contribution in [3.05, 3.63) is 0 Å². The lowest BCUT2D eigenvalue weighted by molar-refractivity contribution is -0.157. The topological polar surface area (TPSA) is 91.7 Å². The molecule has 0 spiro atoms. The predicted molar refractivity (Wildman–Crippen MR) is 70.5 cm³/mol. The first-order chi connectivity index (χ1) is 8.86. The van der Waals surface area contributed by atoms with Crippen molar-refractivity contribution in [1.82, 2.24) is 0 Å². The largest absolute Gasteiger partial charge is 0.481 e. The lowest BCUT2D eigenvalue weighted by Crippen LogP contribution is -2.53. The van der Waals surface area contributed by atoms with E-state index in [1.807, 2.05) is 0 Å². The van der Waals surface area contributed by atoms with Gasteiger partial charge in [-0.1, -0.05) is 32.1 Å². The number of carboxylic acids is 1. The smallest absolute Gasteiger partial charge is 0.313 e. The van der Waals surface area contributed by atoms with Gasteiger partial charge >= 0.3 is 5.97 Å². The molecule has 2 fully saturated rings. The number of carboxylic acid groups (broad SMARTS) is 1. The van der Waals surface area contributed by atoms with E-state index < -0.39 is 33.1 Å². The maximum atomic E-state index is 11.8. The molecule has 0 aromatic rings. The van der Waals surface area contributed by atoms with Crippen LogP contribution in [0.5, 0.6) is 0 Å². The summed E-state index contributed by atoms with van der Waals surface area (Å²) in [5.74, 6) is -1.44. The molecule has 1 heterocycles. The van der Waals surface area contributed by atoms with Crippen molar-refractivity contribution in [3.8, 4) is 0 Å². The Morgan fingerprint density at radius 2 is 1.79 bits per heavy atom. The molecule has 1 saturated carbocycles. The van der Waals surface area contributed by atoms with E-state index in [1.165, 1.54) is 0 Å². The van der Waals surface area contributed by atoms with Gasteiger partial charge in [0, 0.05) is 0 Å². The highest BCUT2D eigenvalue weighted by Crippen LogP contribution is 2.41. The SMILES string of the molecule is O=C(O)C1(CC2CCCCC2)CS(=O)(=O)CCC1O. The second-order valence-electron chi connectivity index (χ2n) is 6.07. The molecule has 19 heavy (non-hydrogen) atoms. The van der Waals surface area contributed by atoms with Gasteiger partial charge in [0.2, 0.25) is 0 Å². The van der Waals surface area contributed by atoms with E-state index in [9.17, 15) is 23.4 Å². The summed E-state index contributed by atoms with van der Waals surface area (Å²) < 4.78 is 23.6. The number of rotatable bonds is 3. The van der Waals surface area contributed by atoms with E-state index in [4.69, 9.17) is 0 Å². The van der Waals surface area contributed by atoms with Gasteiger partial charge in [0.1, 0.15) is 5.41 Å². The lowest BCUT2D eigenvalue weighted by Gasteiger charge is -2.40. The molecule has 110 valence electrons. The molecule has 2 rings (SSSR count). The van der Waals surface area contributed by atoms with Gasteiger partial charge < -0.3 is 10.2 Å². The highest BCUT2D eigenvalue weighted by atomic mass is 32.2. The van der Waals surface area contributed by atoms with Crippen LogP contribution in [0.25, 0.3) is 0 Å². The van der Waals surface area contributed by atoms with E-state index in [1.54, 1.807) is 0 Å². The minimum atomic E-state index is -3.36. The summed E-state index contributed by atoms with van der Waals surface area (Å²) in [6, 6.07) is 0. The van der Waals surface area contributed by atoms with Gasteiger partial charge in [-0.05, 0) is 18.8 Å². The molecule has 0 aromatic heterocycles. The van der Waals surface area contributed by atoms with Crippen molar-refractivity contribution in [1.29, 1.82) is 0 Å². The van der Waals surface area contributed by atoms with Crippen molar-refractivity contribution in [2.24, 2.45) is 11.3 Å². The van der Waals surface area contributed by atoms with E-state index in [0.717, 1.165) is 32.1 Å². The summed E-state index contributed by atoms with van der Waals surface area (Å²) in [6.45, 7) is 0. The van der Waals surface area contributed by atoms with E-state index in [2.05, 4.69) is 0 Å². The van der Waals surface area contributed by atoms with Crippen molar-refractivity contribution >= 4 is 15.8 Å². The first kappa shape index (κ1) is 14.8. The predicted octanol–water partition coefficient (Wildman–Crippen LogP) is 1.21. The molecule has 2 atom stereocenters. The Morgan fingerprint density at radius 3 is 2.37 bits per heavy atom. The molecule has 2 aliphatic rings. The van der Waals surface area contributed by atoms with Gasteiger partial charge in [-0.15, -0.1) is 0 Å². The zero-order chi connectivity index (χ0) is 14.1. The fourth-order valence-electron chi connectivity index (χ4n) is 3.52. The Kier molecular flexibility index (Phi) is 4.20. The normalized spacial score (nSPS) is 35.9. The molecule has 0 bridgehead atoms. The number of sulfone groups is 1. The molecule has 1 saturated heterocycles. The number of aliphatic hydroxyl groups excluding tert-OH is 1. The monoisotopic (exact) mass is 290 g/mol. The summed E-state index contributed by atoms with van der Waals surface area (Å²) in [5, 5.41) is 19.6. The summed E-state index contributed by atoms with van der Waals surface area (Å²) in [4.78, 5) is 11.6. The van der Waals surface area contributed by atoms with Crippen LogP contribution in [0.2, 0.25) is 0 Å². The average molecular weight is 290 g/mol. The molecule has 5 nitrogen and oxygen atoms in total. The van der Waals surface area contributed by atoms with Gasteiger partial charge in [-0.3, -0.25) is 4.79 Å². The zero-order valence-corrected chi connectivity index (χ0v) is 11.9.